The third kappa shape index (κ3) is 3.54. The molecule has 0 aliphatic heterocycles. The summed E-state index contributed by atoms with van der Waals surface area (Å²) >= 11 is 13.4. The van der Waals surface area contributed by atoms with Crippen LogP contribution in [0, 0.1) is 0 Å². The van der Waals surface area contributed by atoms with Crippen molar-refractivity contribution in [1.29, 1.82) is 0 Å². The lowest BCUT2D eigenvalue weighted by Gasteiger charge is -2.07. The van der Waals surface area contributed by atoms with Gasteiger partial charge in [-0.05, 0) is 30.3 Å². The summed E-state index contributed by atoms with van der Waals surface area (Å²) in [6.07, 6.45) is 1.28. The molecule has 0 unspecified atom stereocenters. The molecule has 0 fully saturated rings. The molecule has 0 saturated carbocycles. The summed E-state index contributed by atoms with van der Waals surface area (Å²) in [5.41, 5.74) is 0.682. The van der Waals surface area contributed by atoms with Crippen LogP contribution < -0.4 is 15.6 Å². The van der Waals surface area contributed by atoms with Crippen LogP contribution in [0.3, 0.4) is 0 Å². The second kappa shape index (κ2) is 7.38. The first kappa shape index (κ1) is 18.7. The minimum atomic E-state index is -0.404. The molecule has 1 N–H and O–H groups in total. The highest BCUT2D eigenvalue weighted by Crippen LogP contribution is 2.29. The molecule has 2 heterocycles. The number of nitrogens with one attached hydrogen (secondary N) is 1. The average molecular weight is 435 g/mol. The van der Waals surface area contributed by atoms with Gasteiger partial charge in [-0.25, -0.2) is 9.97 Å². The molecule has 4 aromatic rings. The molecule has 0 atom stereocenters. The van der Waals surface area contributed by atoms with E-state index in [2.05, 4.69) is 15.3 Å². The van der Waals surface area contributed by atoms with E-state index >= 15 is 0 Å². The van der Waals surface area contributed by atoms with Crippen LogP contribution in [0.2, 0.25) is 10.0 Å². The Morgan fingerprint density at radius 2 is 2.11 bits per heavy atom. The number of nitrogens with zero attached hydrogens (tertiary/aromatic N) is 3. The fourth-order valence-corrected chi connectivity index (χ4v) is 4.16. The van der Waals surface area contributed by atoms with Gasteiger partial charge >= 0.3 is 0 Å². The standard InChI is InChI=1S/C18H12Cl2N4O3S/c1-27-10-2-3-13-14(6-10)28-18(22-13)23-15(25)7-24-8-21-16-11(17(24)26)4-9(19)5-12(16)20/h2-6,8H,7H2,1H3,(H,22,23,25). The first-order valence-corrected chi connectivity index (χ1v) is 9.60. The van der Waals surface area contributed by atoms with Crippen LogP contribution >= 0.6 is 34.5 Å². The van der Waals surface area contributed by atoms with Crippen LogP contribution in [0.25, 0.3) is 21.1 Å². The van der Waals surface area contributed by atoms with Gasteiger partial charge in [-0.1, -0.05) is 34.5 Å². The summed E-state index contributed by atoms with van der Waals surface area (Å²) in [6.45, 7) is -0.217. The van der Waals surface area contributed by atoms with Gasteiger partial charge < -0.3 is 10.1 Å². The molecule has 0 bridgehead atoms. The number of hydrogen-bond donors (Lipinski definition) is 1. The number of methoxy groups -OCH3 is 1. The lowest BCUT2D eigenvalue weighted by atomic mass is 10.2. The summed E-state index contributed by atoms with van der Waals surface area (Å²) in [7, 11) is 1.58. The molecule has 10 heteroatoms. The van der Waals surface area contributed by atoms with Gasteiger partial charge in [0.25, 0.3) is 5.56 Å². The van der Waals surface area contributed by atoms with Crippen molar-refractivity contribution in [3.8, 4) is 5.75 Å². The van der Waals surface area contributed by atoms with Crippen molar-refractivity contribution in [3.63, 3.8) is 0 Å². The van der Waals surface area contributed by atoms with Gasteiger partial charge in [-0.15, -0.1) is 0 Å². The summed E-state index contributed by atoms with van der Waals surface area (Å²) < 4.78 is 7.26. The molecule has 0 saturated heterocycles. The number of rotatable bonds is 4. The van der Waals surface area contributed by atoms with Gasteiger partial charge in [0.05, 0.1) is 39.6 Å². The predicted molar refractivity (Wildman–Crippen MR) is 111 cm³/mol. The first-order chi connectivity index (χ1) is 13.4. The third-order valence-electron chi connectivity index (χ3n) is 4.00. The fraction of sp³-hybridized carbons (Fsp3) is 0.111. The van der Waals surface area contributed by atoms with Gasteiger partial charge in [0, 0.05) is 5.02 Å². The minimum Gasteiger partial charge on any atom is -0.497 e. The van der Waals surface area contributed by atoms with Crippen molar-refractivity contribution in [2.24, 2.45) is 0 Å². The topological polar surface area (TPSA) is 86.1 Å². The Labute approximate surface area is 172 Å². The molecule has 4 rings (SSSR count). The lowest BCUT2D eigenvalue weighted by Crippen LogP contribution is -2.27. The zero-order valence-corrected chi connectivity index (χ0v) is 16.7. The van der Waals surface area contributed by atoms with E-state index in [0.717, 1.165) is 10.2 Å². The Hall–Kier alpha value is -2.68. The van der Waals surface area contributed by atoms with Crippen LogP contribution in [0.5, 0.6) is 5.75 Å². The van der Waals surface area contributed by atoms with Crippen LogP contribution in [-0.4, -0.2) is 27.6 Å². The van der Waals surface area contributed by atoms with E-state index in [4.69, 9.17) is 27.9 Å². The molecule has 1 amide bonds. The van der Waals surface area contributed by atoms with Crippen molar-refractivity contribution >= 4 is 66.7 Å². The molecule has 142 valence electrons. The second-order valence-corrected chi connectivity index (χ2v) is 7.74. The monoisotopic (exact) mass is 434 g/mol. The van der Waals surface area contributed by atoms with Crippen LogP contribution in [0.1, 0.15) is 0 Å². The number of fused-ring (bicyclic) bond motifs is 2. The van der Waals surface area contributed by atoms with Crippen molar-refractivity contribution < 1.29 is 9.53 Å². The van der Waals surface area contributed by atoms with Crippen molar-refractivity contribution in [2.45, 2.75) is 6.54 Å². The summed E-state index contributed by atoms with van der Waals surface area (Å²) in [6, 6.07) is 8.44. The highest BCUT2D eigenvalue weighted by atomic mass is 35.5. The number of carbonyl (C=O) groups excluding carboxylic acids is 1. The van der Waals surface area contributed by atoms with E-state index in [-0.39, 0.29) is 17.0 Å². The van der Waals surface area contributed by atoms with Crippen molar-refractivity contribution in [3.05, 3.63) is 57.1 Å². The minimum absolute atomic E-state index is 0.217. The highest BCUT2D eigenvalue weighted by Gasteiger charge is 2.13. The fourth-order valence-electron chi connectivity index (χ4n) is 2.71. The van der Waals surface area contributed by atoms with Gasteiger partial charge in [-0.3, -0.25) is 14.2 Å². The molecular weight excluding hydrogens is 423 g/mol. The second-order valence-electron chi connectivity index (χ2n) is 5.86. The first-order valence-electron chi connectivity index (χ1n) is 8.03. The predicted octanol–water partition coefficient (Wildman–Crippen LogP) is 3.96. The normalized spacial score (nSPS) is 11.1. The molecule has 28 heavy (non-hydrogen) atoms. The van der Waals surface area contributed by atoms with E-state index in [9.17, 15) is 9.59 Å². The van der Waals surface area contributed by atoms with Crippen LogP contribution in [-0.2, 0) is 11.3 Å². The molecule has 2 aromatic carbocycles. The van der Waals surface area contributed by atoms with Crippen LogP contribution in [0.4, 0.5) is 5.13 Å². The van der Waals surface area contributed by atoms with E-state index in [1.54, 1.807) is 13.2 Å². The van der Waals surface area contributed by atoms with Crippen molar-refractivity contribution in [1.82, 2.24) is 14.5 Å². The van der Waals surface area contributed by atoms with Gasteiger partial charge in [0.1, 0.15) is 12.3 Å². The number of ether oxygens (including phenoxy) is 1. The lowest BCUT2D eigenvalue weighted by molar-refractivity contribution is -0.116. The summed E-state index contributed by atoms with van der Waals surface area (Å²) in [4.78, 5) is 33.5. The molecule has 0 radical (unpaired) electrons. The van der Waals surface area contributed by atoms with E-state index in [1.165, 1.54) is 34.4 Å². The summed E-state index contributed by atoms with van der Waals surface area (Å²) in [5.74, 6) is 0.308. The quantitative estimate of drug-likeness (QED) is 0.525. The van der Waals surface area contributed by atoms with Crippen LogP contribution in [0.15, 0.2) is 41.5 Å². The Morgan fingerprint density at radius 1 is 1.29 bits per heavy atom. The number of hydrogen-bond acceptors (Lipinski definition) is 6. The Kier molecular flexibility index (Phi) is 4.92. The smallest absolute Gasteiger partial charge is 0.261 e. The molecule has 0 aliphatic carbocycles. The molecular formula is C18H12Cl2N4O3S. The maximum Gasteiger partial charge on any atom is 0.261 e. The maximum atomic E-state index is 12.6. The average Bonchev–Trinajstić information content (AvgIpc) is 3.05. The Bertz CT molecular complexity index is 1290. The summed E-state index contributed by atoms with van der Waals surface area (Å²) in [5, 5.41) is 3.99. The van der Waals surface area contributed by atoms with E-state index in [1.807, 2.05) is 12.1 Å². The maximum absolute atomic E-state index is 12.6. The SMILES string of the molecule is COc1ccc2nc(NC(=O)Cn3cnc4c(Cl)cc(Cl)cc4c3=O)sc2c1. The Morgan fingerprint density at radius 3 is 2.89 bits per heavy atom. The van der Waals surface area contributed by atoms with E-state index in [0.29, 0.717) is 21.4 Å². The third-order valence-corrected chi connectivity index (χ3v) is 5.44. The largest absolute Gasteiger partial charge is 0.497 e. The number of aromatic nitrogens is 3. The number of amides is 1. The number of anilines is 1. The number of halogens is 2. The number of carbonyl (C=O) groups is 1. The molecule has 2 aromatic heterocycles. The van der Waals surface area contributed by atoms with E-state index < -0.39 is 11.5 Å². The van der Waals surface area contributed by atoms with Gasteiger partial charge in [0.2, 0.25) is 5.91 Å². The zero-order chi connectivity index (χ0) is 19.8. The highest BCUT2D eigenvalue weighted by molar-refractivity contribution is 7.22. The van der Waals surface area contributed by atoms with Gasteiger partial charge in [0.15, 0.2) is 5.13 Å². The number of thiazole rings is 1. The Balaban J connectivity index is 1.58. The molecule has 0 aliphatic rings. The van der Waals surface area contributed by atoms with Crippen molar-refractivity contribution in [2.75, 3.05) is 12.4 Å². The molecule has 0 spiro atoms. The molecule has 7 nitrogen and oxygen atoms in total. The number of benzene rings is 2. The van der Waals surface area contributed by atoms with Gasteiger partial charge in [-0.2, -0.15) is 0 Å². The zero-order valence-electron chi connectivity index (χ0n) is 14.4.